The van der Waals surface area contributed by atoms with Crippen LogP contribution in [-0.2, 0) is 0 Å². The Kier molecular flexibility index (Phi) is 4.52. The highest BCUT2D eigenvalue weighted by atomic mass is 35.5. The Morgan fingerprint density at radius 3 is 2.67 bits per heavy atom. The molecule has 1 aliphatic rings. The van der Waals surface area contributed by atoms with Gasteiger partial charge in [0.15, 0.2) is 0 Å². The van der Waals surface area contributed by atoms with E-state index < -0.39 is 4.92 Å². The zero-order chi connectivity index (χ0) is 15.7. The van der Waals surface area contributed by atoms with Crippen molar-refractivity contribution >= 4 is 23.2 Å². The summed E-state index contributed by atoms with van der Waals surface area (Å²) in [5.74, 6) is 0.586. The second-order valence-corrected chi connectivity index (χ2v) is 6.29. The van der Waals surface area contributed by atoms with Gasteiger partial charge in [-0.1, -0.05) is 31.5 Å². The molecule has 6 heteroatoms. The normalized spacial score (nSPS) is 25.7. The third kappa shape index (κ3) is 3.02. The third-order valence-electron chi connectivity index (χ3n) is 4.26. The molecule has 1 saturated heterocycles. The Labute approximate surface area is 129 Å². The summed E-state index contributed by atoms with van der Waals surface area (Å²) in [5, 5.41) is 10.9. The van der Waals surface area contributed by atoms with Crippen LogP contribution in [0.2, 0.25) is 5.02 Å². The molecule has 0 aliphatic carbocycles. The molecule has 114 valence electrons. The lowest BCUT2D eigenvalue weighted by molar-refractivity contribution is -0.384. The van der Waals surface area contributed by atoms with Gasteiger partial charge in [-0.25, -0.2) is 0 Å². The molecular weight excluding hydrogens is 292 g/mol. The van der Waals surface area contributed by atoms with Crippen LogP contribution in [0, 0.1) is 22.0 Å². The van der Waals surface area contributed by atoms with E-state index in [4.69, 9.17) is 11.6 Å². The number of likely N-dealkylation sites (tertiary alicyclic amines) is 1. The molecule has 1 heterocycles. The molecule has 0 radical (unpaired) electrons. The molecule has 21 heavy (non-hydrogen) atoms. The smallest absolute Gasteiger partial charge is 0.288 e. The third-order valence-corrected chi connectivity index (χ3v) is 4.66. The summed E-state index contributed by atoms with van der Waals surface area (Å²) in [4.78, 5) is 24.9. The molecule has 1 fully saturated rings. The molecule has 0 saturated carbocycles. The SMILES string of the molecule is CC1CC(C)C(C)N(C(=O)c2cccc([N+](=O)[O-])c2Cl)C1. The number of hydrogen-bond donors (Lipinski definition) is 0. The van der Waals surface area contributed by atoms with E-state index >= 15 is 0 Å². The fourth-order valence-corrected chi connectivity index (χ4v) is 3.24. The second kappa shape index (κ2) is 6.02. The second-order valence-electron chi connectivity index (χ2n) is 5.91. The van der Waals surface area contributed by atoms with Gasteiger partial charge in [0.2, 0.25) is 0 Å². The first kappa shape index (κ1) is 15.8. The van der Waals surface area contributed by atoms with Crippen LogP contribution >= 0.6 is 11.6 Å². The molecule has 0 aromatic heterocycles. The van der Waals surface area contributed by atoms with Crippen molar-refractivity contribution in [1.82, 2.24) is 4.90 Å². The van der Waals surface area contributed by atoms with Crippen LogP contribution in [0.1, 0.15) is 37.6 Å². The summed E-state index contributed by atoms with van der Waals surface area (Å²) in [6.45, 7) is 6.90. The topological polar surface area (TPSA) is 63.5 Å². The van der Waals surface area contributed by atoms with Crippen molar-refractivity contribution in [2.45, 2.75) is 33.2 Å². The molecular formula is C15H19ClN2O3. The lowest BCUT2D eigenvalue weighted by Crippen LogP contribution is -2.48. The number of hydrogen-bond acceptors (Lipinski definition) is 3. The standard InChI is InChI=1S/C15H19ClN2O3/c1-9-7-10(2)11(3)17(8-9)15(19)12-5-4-6-13(14(12)16)18(20)21/h4-6,9-11H,7-8H2,1-3H3. The number of rotatable bonds is 2. The van der Waals surface area contributed by atoms with Crippen LogP contribution in [0.4, 0.5) is 5.69 Å². The largest absolute Gasteiger partial charge is 0.335 e. The number of nitrogens with zero attached hydrogens (tertiary/aromatic N) is 2. The summed E-state index contributed by atoms with van der Waals surface area (Å²) in [6.07, 6.45) is 1.08. The molecule has 0 N–H and O–H groups in total. The van der Waals surface area contributed by atoms with Gasteiger partial charge in [0, 0.05) is 18.7 Å². The molecule has 3 atom stereocenters. The highest BCUT2D eigenvalue weighted by molar-refractivity contribution is 6.35. The van der Waals surface area contributed by atoms with Crippen LogP contribution in [0.3, 0.4) is 0 Å². The lowest BCUT2D eigenvalue weighted by atomic mass is 9.85. The van der Waals surface area contributed by atoms with Crippen molar-refractivity contribution in [3.63, 3.8) is 0 Å². The van der Waals surface area contributed by atoms with Crippen molar-refractivity contribution in [1.29, 1.82) is 0 Å². The van der Waals surface area contributed by atoms with E-state index in [9.17, 15) is 14.9 Å². The molecule has 1 amide bonds. The Morgan fingerprint density at radius 2 is 2.05 bits per heavy atom. The van der Waals surface area contributed by atoms with Gasteiger partial charge in [-0.3, -0.25) is 14.9 Å². The van der Waals surface area contributed by atoms with Crippen LogP contribution in [0.5, 0.6) is 0 Å². The average Bonchev–Trinajstić information content (AvgIpc) is 2.42. The number of halogens is 1. The van der Waals surface area contributed by atoms with Crippen molar-refractivity contribution < 1.29 is 9.72 Å². The van der Waals surface area contributed by atoms with Crippen LogP contribution in [0.25, 0.3) is 0 Å². The number of nitro benzene ring substituents is 1. The number of carbonyl (C=O) groups excluding carboxylic acids is 1. The maximum atomic E-state index is 12.7. The fraction of sp³-hybridized carbons (Fsp3) is 0.533. The van der Waals surface area contributed by atoms with Gasteiger partial charge in [-0.05, 0) is 31.2 Å². The summed E-state index contributed by atoms with van der Waals surface area (Å²) < 4.78 is 0. The van der Waals surface area contributed by atoms with Crippen molar-refractivity contribution in [2.24, 2.45) is 11.8 Å². The van der Waals surface area contributed by atoms with Gasteiger partial charge in [-0.15, -0.1) is 0 Å². The zero-order valence-electron chi connectivity index (χ0n) is 12.4. The zero-order valence-corrected chi connectivity index (χ0v) is 13.1. The van der Waals surface area contributed by atoms with E-state index in [1.807, 2.05) is 6.92 Å². The van der Waals surface area contributed by atoms with E-state index in [0.717, 1.165) is 6.42 Å². The minimum atomic E-state index is -0.565. The van der Waals surface area contributed by atoms with E-state index in [1.165, 1.54) is 12.1 Å². The monoisotopic (exact) mass is 310 g/mol. The molecule has 3 unspecified atom stereocenters. The molecule has 1 aromatic rings. The first-order valence-electron chi connectivity index (χ1n) is 7.06. The molecule has 5 nitrogen and oxygen atoms in total. The maximum Gasteiger partial charge on any atom is 0.288 e. The van der Waals surface area contributed by atoms with Crippen LogP contribution < -0.4 is 0 Å². The number of amides is 1. The highest BCUT2D eigenvalue weighted by Gasteiger charge is 2.34. The summed E-state index contributed by atoms with van der Waals surface area (Å²) in [5.41, 5.74) is -0.0210. The first-order valence-corrected chi connectivity index (χ1v) is 7.44. The summed E-state index contributed by atoms with van der Waals surface area (Å²) >= 11 is 6.05. The van der Waals surface area contributed by atoms with Gasteiger partial charge in [0.1, 0.15) is 5.02 Å². The minimum Gasteiger partial charge on any atom is -0.335 e. The van der Waals surface area contributed by atoms with Crippen molar-refractivity contribution in [2.75, 3.05) is 6.54 Å². The minimum absolute atomic E-state index is 0.0782. The van der Waals surface area contributed by atoms with E-state index in [1.54, 1.807) is 11.0 Å². The van der Waals surface area contributed by atoms with E-state index in [-0.39, 0.29) is 28.2 Å². The van der Waals surface area contributed by atoms with E-state index in [2.05, 4.69) is 13.8 Å². The Balaban J connectivity index is 2.36. The number of nitro groups is 1. The van der Waals surface area contributed by atoms with Crippen molar-refractivity contribution in [3.05, 3.63) is 38.9 Å². The van der Waals surface area contributed by atoms with Gasteiger partial charge in [0.05, 0.1) is 10.5 Å². The van der Waals surface area contributed by atoms with Crippen LogP contribution in [0.15, 0.2) is 18.2 Å². The quantitative estimate of drug-likeness (QED) is 0.617. The molecule has 1 aromatic carbocycles. The van der Waals surface area contributed by atoms with E-state index in [0.29, 0.717) is 18.4 Å². The van der Waals surface area contributed by atoms with Gasteiger partial charge in [0.25, 0.3) is 11.6 Å². The predicted octanol–water partition coefficient (Wildman–Crippen LogP) is 3.75. The first-order chi connectivity index (χ1) is 9.82. The van der Waals surface area contributed by atoms with Gasteiger partial charge >= 0.3 is 0 Å². The molecule has 0 bridgehead atoms. The van der Waals surface area contributed by atoms with Crippen LogP contribution in [-0.4, -0.2) is 28.3 Å². The number of benzene rings is 1. The molecule has 1 aliphatic heterocycles. The number of piperidine rings is 1. The van der Waals surface area contributed by atoms with Gasteiger partial charge < -0.3 is 4.90 Å². The predicted molar refractivity (Wildman–Crippen MR) is 81.5 cm³/mol. The Hall–Kier alpha value is -1.62. The molecule has 2 rings (SSSR count). The van der Waals surface area contributed by atoms with Crippen molar-refractivity contribution in [3.8, 4) is 0 Å². The Morgan fingerprint density at radius 1 is 1.38 bits per heavy atom. The lowest BCUT2D eigenvalue weighted by Gasteiger charge is -2.41. The number of carbonyl (C=O) groups is 1. The average molecular weight is 311 g/mol. The van der Waals surface area contributed by atoms with Gasteiger partial charge in [-0.2, -0.15) is 0 Å². The summed E-state index contributed by atoms with van der Waals surface area (Å²) in [7, 11) is 0. The summed E-state index contributed by atoms with van der Waals surface area (Å²) in [6, 6.07) is 4.46. The highest BCUT2D eigenvalue weighted by Crippen LogP contribution is 2.32. The fourth-order valence-electron chi connectivity index (χ4n) is 2.96. The molecule has 0 spiro atoms. The maximum absolute atomic E-state index is 12.7. The Bertz CT molecular complexity index is 576.